The second-order valence-electron chi connectivity index (χ2n) is 5.89. The number of aryl methyl sites for hydroxylation is 1. The standard InChI is InChI=1S/C20H22N2O2/c1-14-19(17-9-4-5-10-18(17)22(14)2)20(23)21-12-11-15-7-6-8-16(13-15)24-3/h4-10,13H,11-12H2,1-3H3,(H,21,23). The number of ether oxygens (including phenoxy) is 1. The molecule has 124 valence electrons. The zero-order valence-corrected chi connectivity index (χ0v) is 14.3. The lowest BCUT2D eigenvalue weighted by atomic mass is 10.1. The third kappa shape index (κ3) is 3.00. The van der Waals surface area contributed by atoms with Gasteiger partial charge in [0.05, 0.1) is 12.7 Å². The van der Waals surface area contributed by atoms with Gasteiger partial charge in [-0.1, -0.05) is 30.3 Å². The summed E-state index contributed by atoms with van der Waals surface area (Å²) in [6, 6.07) is 15.9. The van der Waals surface area contributed by atoms with Gasteiger partial charge < -0.3 is 14.6 Å². The second-order valence-corrected chi connectivity index (χ2v) is 5.89. The van der Waals surface area contributed by atoms with Crippen LogP contribution in [0.2, 0.25) is 0 Å². The van der Waals surface area contributed by atoms with Gasteiger partial charge in [-0.3, -0.25) is 4.79 Å². The van der Waals surface area contributed by atoms with E-state index in [-0.39, 0.29) is 5.91 Å². The highest BCUT2D eigenvalue weighted by Crippen LogP contribution is 2.24. The smallest absolute Gasteiger partial charge is 0.253 e. The number of fused-ring (bicyclic) bond motifs is 1. The number of hydrogen-bond acceptors (Lipinski definition) is 2. The summed E-state index contributed by atoms with van der Waals surface area (Å²) in [7, 11) is 3.65. The van der Waals surface area contributed by atoms with Gasteiger partial charge >= 0.3 is 0 Å². The molecule has 1 aromatic heterocycles. The molecule has 0 spiro atoms. The Kier molecular flexibility index (Phi) is 4.56. The first-order chi connectivity index (χ1) is 11.6. The molecule has 0 bridgehead atoms. The van der Waals surface area contributed by atoms with Crippen LogP contribution >= 0.6 is 0 Å². The minimum atomic E-state index is -0.0211. The topological polar surface area (TPSA) is 43.3 Å². The molecule has 1 heterocycles. The minimum absolute atomic E-state index is 0.0211. The van der Waals surface area contributed by atoms with Crippen LogP contribution in [0.5, 0.6) is 5.75 Å². The Morgan fingerprint density at radius 3 is 2.75 bits per heavy atom. The van der Waals surface area contributed by atoms with Gasteiger partial charge in [0.15, 0.2) is 0 Å². The molecule has 1 amide bonds. The molecule has 0 saturated carbocycles. The fraction of sp³-hybridized carbons (Fsp3) is 0.250. The second kappa shape index (κ2) is 6.79. The number of nitrogens with zero attached hydrogens (tertiary/aromatic N) is 1. The molecular weight excluding hydrogens is 300 g/mol. The Hall–Kier alpha value is -2.75. The average molecular weight is 322 g/mol. The highest BCUT2D eigenvalue weighted by atomic mass is 16.5. The summed E-state index contributed by atoms with van der Waals surface area (Å²) in [5.74, 6) is 0.816. The van der Waals surface area contributed by atoms with Crippen molar-refractivity contribution in [1.29, 1.82) is 0 Å². The molecule has 1 N–H and O–H groups in total. The van der Waals surface area contributed by atoms with E-state index in [1.165, 1.54) is 0 Å². The number of carbonyl (C=O) groups excluding carboxylic acids is 1. The van der Waals surface area contributed by atoms with Crippen molar-refractivity contribution < 1.29 is 9.53 Å². The predicted molar refractivity (Wildman–Crippen MR) is 96.7 cm³/mol. The molecule has 0 radical (unpaired) electrons. The van der Waals surface area contributed by atoms with Crippen molar-refractivity contribution in [2.24, 2.45) is 7.05 Å². The van der Waals surface area contributed by atoms with E-state index < -0.39 is 0 Å². The molecule has 0 aliphatic heterocycles. The molecule has 3 aromatic rings. The minimum Gasteiger partial charge on any atom is -0.497 e. The Labute approximate surface area is 142 Å². The maximum atomic E-state index is 12.7. The highest BCUT2D eigenvalue weighted by Gasteiger charge is 2.17. The van der Waals surface area contributed by atoms with Gasteiger partial charge in [0, 0.05) is 30.2 Å². The molecule has 0 aliphatic carbocycles. The number of amides is 1. The van der Waals surface area contributed by atoms with Crippen molar-refractivity contribution in [2.45, 2.75) is 13.3 Å². The molecule has 4 nitrogen and oxygen atoms in total. The molecule has 0 saturated heterocycles. The number of nitrogens with one attached hydrogen (secondary N) is 1. The molecular formula is C20H22N2O2. The van der Waals surface area contributed by atoms with Gasteiger partial charge in [0.2, 0.25) is 0 Å². The van der Waals surface area contributed by atoms with E-state index in [0.717, 1.165) is 39.9 Å². The fourth-order valence-corrected chi connectivity index (χ4v) is 3.04. The summed E-state index contributed by atoms with van der Waals surface area (Å²) in [6.07, 6.45) is 0.771. The first kappa shape index (κ1) is 16.1. The van der Waals surface area contributed by atoms with Crippen molar-refractivity contribution in [3.05, 3.63) is 65.4 Å². The largest absolute Gasteiger partial charge is 0.497 e. The Morgan fingerprint density at radius 2 is 1.96 bits per heavy atom. The van der Waals surface area contributed by atoms with Gasteiger partial charge in [-0.25, -0.2) is 0 Å². The fourth-order valence-electron chi connectivity index (χ4n) is 3.04. The third-order valence-electron chi connectivity index (χ3n) is 4.46. The van der Waals surface area contributed by atoms with Crippen molar-refractivity contribution in [1.82, 2.24) is 9.88 Å². The maximum absolute atomic E-state index is 12.7. The van der Waals surface area contributed by atoms with Crippen molar-refractivity contribution in [3.63, 3.8) is 0 Å². The first-order valence-corrected chi connectivity index (χ1v) is 8.07. The summed E-state index contributed by atoms with van der Waals surface area (Å²) in [4.78, 5) is 12.7. The van der Waals surface area contributed by atoms with E-state index in [1.807, 2.05) is 62.5 Å². The van der Waals surface area contributed by atoms with Gasteiger partial charge in [0.1, 0.15) is 5.75 Å². The van der Waals surface area contributed by atoms with Crippen LogP contribution in [0.3, 0.4) is 0 Å². The molecule has 0 aliphatic rings. The number of rotatable bonds is 5. The molecule has 4 heteroatoms. The van der Waals surface area contributed by atoms with E-state index in [1.54, 1.807) is 7.11 Å². The number of para-hydroxylation sites is 1. The SMILES string of the molecule is COc1cccc(CCNC(=O)c2c(C)n(C)c3ccccc23)c1. The summed E-state index contributed by atoms with van der Waals surface area (Å²) in [6.45, 7) is 2.58. The quantitative estimate of drug-likeness (QED) is 0.781. The van der Waals surface area contributed by atoms with E-state index in [4.69, 9.17) is 4.74 Å². The number of methoxy groups -OCH3 is 1. The molecule has 2 aromatic carbocycles. The van der Waals surface area contributed by atoms with Crippen LogP contribution in [0.4, 0.5) is 0 Å². The van der Waals surface area contributed by atoms with Crippen molar-refractivity contribution in [2.75, 3.05) is 13.7 Å². The summed E-state index contributed by atoms with van der Waals surface area (Å²) >= 11 is 0. The molecule has 0 atom stereocenters. The number of hydrogen-bond donors (Lipinski definition) is 1. The van der Waals surface area contributed by atoms with E-state index in [0.29, 0.717) is 6.54 Å². The van der Waals surface area contributed by atoms with E-state index >= 15 is 0 Å². The summed E-state index contributed by atoms with van der Waals surface area (Å²) in [5, 5.41) is 4.03. The van der Waals surface area contributed by atoms with Crippen LogP contribution in [0.15, 0.2) is 48.5 Å². The Bertz CT molecular complexity index is 880. The van der Waals surface area contributed by atoms with Gasteiger partial charge in [-0.2, -0.15) is 0 Å². The lowest BCUT2D eigenvalue weighted by Gasteiger charge is -2.07. The maximum Gasteiger partial charge on any atom is 0.253 e. The molecule has 0 unspecified atom stereocenters. The van der Waals surface area contributed by atoms with Crippen LogP contribution in [0, 0.1) is 6.92 Å². The van der Waals surface area contributed by atoms with Gasteiger partial charge in [-0.15, -0.1) is 0 Å². The number of carbonyl (C=O) groups is 1. The number of aromatic nitrogens is 1. The highest BCUT2D eigenvalue weighted by molar-refractivity contribution is 6.08. The van der Waals surface area contributed by atoms with E-state index in [2.05, 4.69) is 9.88 Å². The molecule has 24 heavy (non-hydrogen) atoms. The zero-order valence-electron chi connectivity index (χ0n) is 14.3. The summed E-state index contributed by atoms with van der Waals surface area (Å²) in [5.41, 5.74) is 3.96. The van der Waals surface area contributed by atoms with Crippen molar-refractivity contribution in [3.8, 4) is 5.75 Å². The van der Waals surface area contributed by atoms with E-state index in [9.17, 15) is 4.79 Å². The van der Waals surface area contributed by atoms with Crippen LogP contribution < -0.4 is 10.1 Å². The van der Waals surface area contributed by atoms with Gasteiger partial charge in [0.25, 0.3) is 5.91 Å². The lowest BCUT2D eigenvalue weighted by Crippen LogP contribution is -2.26. The van der Waals surface area contributed by atoms with Crippen molar-refractivity contribution >= 4 is 16.8 Å². The lowest BCUT2D eigenvalue weighted by molar-refractivity contribution is 0.0955. The van der Waals surface area contributed by atoms with Crippen LogP contribution in [0.1, 0.15) is 21.6 Å². The monoisotopic (exact) mass is 322 g/mol. The molecule has 3 rings (SSSR count). The van der Waals surface area contributed by atoms with Crippen LogP contribution in [-0.4, -0.2) is 24.1 Å². The normalized spacial score (nSPS) is 10.8. The van der Waals surface area contributed by atoms with Gasteiger partial charge in [-0.05, 0) is 37.1 Å². The van der Waals surface area contributed by atoms with Crippen LogP contribution in [-0.2, 0) is 13.5 Å². The zero-order chi connectivity index (χ0) is 17.1. The summed E-state index contributed by atoms with van der Waals surface area (Å²) < 4.78 is 7.29. The average Bonchev–Trinajstić information content (AvgIpc) is 2.86. The van der Waals surface area contributed by atoms with Crippen LogP contribution in [0.25, 0.3) is 10.9 Å². The number of benzene rings is 2. The Morgan fingerprint density at radius 1 is 1.17 bits per heavy atom. The Balaban J connectivity index is 1.73. The first-order valence-electron chi connectivity index (χ1n) is 8.07. The molecule has 0 fully saturated rings. The third-order valence-corrected chi connectivity index (χ3v) is 4.46. The predicted octanol–water partition coefficient (Wildman–Crippen LogP) is 3.47.